The maximum absolute atomic E-state index is 4.90. The molecule has 21 heavy (non-hydrogen) atoms. The minimum absolute atomic E-state index is 0.0661. The fraction of sp³-hybridized carbons (Fsp3) is 0.529. The topological polar surface area (TPSA) is 37.8 Å². The van der Waals surface area contributed by atoms with Gasteiger partial charge >= 0.3 is 0 Å². The summed E-state index contributed by atoms with van der Waals surface area (Å²) in [6.45, 7) is 13.1. The van der Waals surface area contributed by atoms with Crippen LogP contribution in [0, 0.1) is 5.92 Å². The summed E-state index contributed by atoms with van der Waals surface area (Å²) in [6, 6.07) is 4.05. The fourth-order valence-electron chi connectivity index (χ4n) is 2.15. The molecule has 0 aromatic carbocycles. The Labute approximate surface area is 131 Å². The van der Waals surface area contributed by atoms with Crippen LogP contribution in [0.15, 0.2) is 24.5 Å². The van der Waals surface area contributed by atoms with E-state index >= 15 is 0 Å². The summed E-state index contributed by atoms with van der Waals surface area (Å²) < 4.78 is 0. The van der Waals surface area contributed by atoms with E-state index in [1.807, 2.05) is 24.5 Å². The molecule has 0 fully saturated rings. The molecule has 0 radical (unpaired) electrons. The van der Waals surface area contributed by atoms with Crippen LogP contribution >= 0.6 is 11.3 Å². The first-order chi connectivity index (χ1) is 9.88. The van der Waals surface area contributed by atoms with Crippen LogP contribution in [0.3, 0.4) is 0 Å². The van der Waals surface area contributed by atoms with E-state index in [1.54, 1.807) is 11.3 Å². The molecule has 0 amide bonds. The van der Waals surface area contributed by atoms with Crippen LogP contribution in [0.5, 0.6) is 0 Å². The molecule has 0 aliphatic carbocycles. The molecule has 0 saturated carbocycles. The van der Waals surface area contributed by atoms with Crippen molar-refractivity contribution in [3.05, 3.63) is 35.1 Å². The molecule has 0 unspecified atom stereocenters. The lowest BCUT2D eigenvalue weighted by molar-refractivity contribution is 0.535. The monoisotopic (exact) mass is 303 g/mol. The van der Waals surface area contributed by atoms with Crippen LogP contribution in [0.2, 0.25) is 0 Å². The molecule has 0 saturated heterocycles. The van der Waals surface area contributed by atoms with Crippen molar-refractivity contribution in [1.82, 2.24) is 15.3 Å². The first kappa shape index (κ1) is 16.1. The van der Waals surface area contributed by atoms with E-state index in [2.05, 4.69) is 44.9 Å². The van der Waals surface area contributed by atoms with E-state index in [0.717, 1.165) is 23.7 Å². The Morgan fingerprint density at radius 1 is 1.19 bits per heavy atom. The van der Waals surface area contributed by atoms with Crippen molar-refractivity contribution in [3.8, 4) is 10.6 Å². The maximum Gasteiger partial charge on any atom is 0.124 e. The van der Waals surface area contributed by atoms with Crippen molar-refractivity contribution in [1.29, 1.82) is 0 Å². The zero-order valence-corrected chi connectivity index (χ0v) is 14.4. The van der Waals surface area contributed by atoms with Crippen molar-refractivity contribution >= 4 is 11.3 Å². The Morgan fingerprint density at radius 2 is 1.86 bits per heavy atom. The SMILES string of the molecule is CC(C)CNCc1sc(-c2ccncc2)nc1C(C)(C)C. The second kappa shape index (κ2) is 6.67. The van der Waals surface area contributed by atoms with Crippen LogP contribution in [0.4, 0.5) is 0 Å². The number of pyridine rings is 1. The Morgan fingerprint density at radius 3 is 2.43 bits per heavy atom. The molecule has 2 aromatic rings. The fourth-order valence-corrected chi connectivity index (χ4v) is 3.40. The van der Waals surface area contributed by atoms with Gasteiger partial charge < -0.3 is 5.32 Å². The van der Waals surface area contributed by atoms with Gasteiger partial charge in [-0.2, -0.15) is 0 Å². The van der Waals surface area contributed by atoms with Crippen LogP contribution in [-0.4, -0.2) is 16.5 Å². The van der Waals surface area contributed by atoms with Crippen molar-refractivity contribution in [2.24, 2.45) is 5.92 Å². The molecule has 0 aliphatic heterocycles. The molecular weight excluding hydrogens is 278 g/mol. The van der Waals surface area contributed by atoms with E-state index in [-0.39, 0.29) is 5.41 Å². The molecule has 4 heteroatoms. The van der Waals surface area contributed by atoms with Gasteiger partial charge in [-0.1, -0.05) is 34.6 Å². The van der Waals surface area contributed by atoms with E-state index in [1.165, 1.54) is 10.6 Å². The minimum Gasteiger partial charge on any atom is -0.312 e. The predicted molar refractivity (Wildman–Crippen MR) is 90.6 cm³/mol. The molecule has 2 aromatic heterocycles. The first-order valence-corrected chi connectivity index (χ1v) is 8.31. The van der Waals surface area contributed by atoms with Crippen molar-refractivity contribution in [2.75, 3.05) is 6.54 Å². The summed E-state index contributed by atoms with van der Waals surface area (Å²) in [6.07, 6.45) is 3.65. The maximum atomic E-state index is 4.90. The number of rotatable bonds is 5. The quantitative estimate of drug-likeness (QED) is 0.897. The molecule has 0 spiro atoms. The van der Waals surface area contributed by atoms with Crippen LogP contribution in [0.25, 0.3) is 10.6 Å². The highest BCUT2D eigenvalue weighted by Crippen LogP contribution is 2.34. The molecule has 0 bridgehead atoms. The summed E-state index contributed by atoms with van der Waals surface area (Å²) in [5.74, 6) is 0.663. The second-order valence-electron chi connectivity index (χ2n) is 6.80. The van der Waals surface area contributed by atoms with Crippen molar-refractivity contribution in [2.45, 2.75) is 46.6 Å². The lowest BCUT2D eigenvalue weighted by atomic mass is 9.91. The summed E-state index contributed by atoms with van der Waals surface area (Å²) in [7, 11) is 0. The van der Waals surface area contributed by atoms with E-state index in [4.69, 9.17) is 4.98 Å². The number of hydrogen-bond donors (Lipinski definition) is 1. The Bertz CT molecular complexity index is 567. The summed E-state index contributed by atoms with van der Waals surface area (Å²) in [4.78, 5) is 10.3. The van der Waals surface area contributed by atoms with E-state index in [0.29, 0.717) is 5.92 Å². The number of aromatic nitrogens is 2. The third-order valence-corrected chi connectivity index (χ3v) is 4.28. The predicted octanol–water partition coefficient (Wildman–Crippen LogP) is 4.25. The van der Waals surface area contributed by atoms with Gasteiger partial charge in [-0.3, -0.25) is 4.98 Å². The van der Waals surface area contributed by atoms with Gasteiger partial charge in [0.25, 0.3) is 0 Å². The molecule has 0 aliphatic rings. The van der Waals surface area contributed by atoms with Gasteiger partial charge in [0.15, 0.2) is 0 Å². The molecule has 2 rings (SSSR count). The average molecular weight is 303 g/mol. The van der Waals surface area contributed by atoms with Gasteiger partial charge in [0, 0.05) is 34.8 Å². The first-order valence-electron chi connectivity index (χ1n) is 7.49. The average Bonchev–Trinajstić information content (AvgIpc) is 2.83. The third-order valence-electron chi connectivity index (χ3n) is 3.17. The van der Waals surface area contributed by atoms with Gasteiger partial charge in [-0.25, -0.2) is 4.98 Å². The molecule has 0 atom stereocenters. The molecule has 3 nitrogen and oxygen atoms in total. The molecule has 2 heterocycles. The normalized spacial score (nSPS) is 12.1. The van der Waals surface area contributed by atoms with Gasteiger partial charge in [0.2, 0.25) is 0 Å². The molecular formula is C17H25N3S. The second-order valence-corrected chi connectivity index (χ2v) is 7.89. The zero-order chi connectivity index (χ0) is 15.5. The number of hydrogen-bond acceptors (Lipinski definition) is 4. The summed E-state index contributed by atoms with van der Waals surface area (Å²) >= 11 is 1.79. The van der Waals surface area contributed by atoms with Gasteiger partial charge in [-0.15, -0.1) is 11.3 Å². The number of nitrogens with one attached hydrogen (secondary N) is 1. The smallest absolute Gasteiger partial charge is 0.124 e. The Kier molecular flexibility index (Phi) is 5.12. The number of nitrogens with zero attached hydrogens (tertiary/aromatic N) is 2. The summed E-state index contributed by atoms with van der Waals surface area (Å²) in [5.41, 5.74) is 2.42. The largest absolute Gasteiger partial charge is 0.312 e. The zero-order valence-electron chi connectivity index (χ0n) is 13.6. The van der Waals surface area contributed by atoms with E-state index < -0.39 is 0 Å². The summed E-state index contributed by atoms with van der Waals surface area (Å²) in [5, 5.41) is 4.62. The molecule has 1 N–H and O–H groups in total. The van der Waals surface area contributed by atoms with Crippen LogP contribution in [0.1, 0.15) is 45.2 Å². The lowest BCUT2D eigenvalue weighted by Gasteiger charge is -2.18. The standard InChI is InChI=1S/C17H25N3S/c1-12(2)10-19-11-14-15(17(3,4)5)20-16(21-14)13-6-8-18-9-7-13/h6-9,12,19H,10-11H2,1-5H3. The number of thiazole rings is 1. The van der Waals surface area contributed by atoms with Crippen LogP contribution in [-0.2, 0) is 12.0 Å². The highest BCUT2D eigenvalue weighted by Gasteiger charge is 2.23. The van der Waals surface area contributed by atoms with Gasteiger partial charge in [0.1, 0.15) is 5.01 Å². The minimum atomic E-state index is 0.0661. The highest BCUT2D eigenvalue weighted by molar-refractivity contribution is 7.15. The van der Waals surface area contributed by atoms with Gasteiger partial charge in [-0.05, 0) is 24.6 Å². The van der Waals surface area contributed by atoms with Crippen molar-refractivity contribution < 1.29 is 0 Å². The lowest BCUT2D eigenvalue weighted by Crippen LogP contribution is -2.21. The van der Waals surface area contributed by atoms with Gasteiger partial charge in [0.05, 0.1) is 5.69 Å². The Balaban J connectivity index is 2.28. The molecule has 114 valence electrons. The van der Waals surface area contributed by atoms with Crippen molar-refractivity contribution in [3.63, 3.8) is 0 Å². The van der Waals surface area contributed by atoms with Crippen LogP contribution < -0.4 is 5.32 Å². The Hall–Kier alpha value is -1.26. The van der Waals surface area contributed by atoms with E-state index in [9.17, 15) is 0 Å². The third kappa shape index (κ3) is 4.35. The highest BCUT2D eigenvalue weighted by atomic mass is 32.1.